The number of benzene rings is 1. The fraction of sp³-hybridized carbons (Fsp3) is 0.364. The van der Waals surface area contributed by atoms with Gasteiger partial charge in [0.25, 0.3) is 0 Å². The molecule has 18 heavy (non-hydrogen) atoms. The van der Waals surface area contributed by atoms with Crippen molar-refractivity contribution in [3.63, 3.8) is 0 Å². The van der Waals surface area contributed by atoms with Crippen molar-refractivity contribution in [1.82, 2.24) is 5.32 Å². The quantitative estimate of drug-likeness (QED) is 0.822. The van der Waals surface area contributed by atoms with Crippen LogP contribution in [-0.2, 0) is 4.79 Å². The summed E-state index contributed by atoms with van der Waals surface area (Å²) in [6, 6.07) is -0.129. The Hall–Kier alpha value is -1.08. The molecule has 1 aliphatic heterocycles. The minimum Gasteiger partial charge on any atom is -0.481 e. The van der Waals surface area contributed by atoms with Crippen LogP contribution in [-0.4, -0.2) is 17.6 Å². The van der Waals surface area contributed by atoms with Crippen LogP contribution in [0.4, 0.5) is 13.2 Å². The second-order valence-electron chi connectivity index (χ2n) is 4.11. The van der Waals surface area contributed by atoms with Crippen molar-refractivity contribution >= 4 is 21.9 Å². The Morgan fingerprint density at radius 2 is 2.06 bits per heavy atom. The Balaban J connectivity index is 2.38. The molecule has 1 aliphatic rings. The van der Waals surface area contributed by atoms with Gasteiger partial charge in [0.05, 0.1) is 10.4 Å². The van der Waals surface area contributed by atoms with E-state index in [0.29, 0.717) is 6.07 Å². The Bertz CT molecular complexity index is 483. The van der Waals surface area contributed by atoms with Gasteiger partial charge in [0.15, 0.2) is 11.6 Å². The second kappa shape index (κ2) is 4.89. The Labute approximate surface area is 109 Å². The fourth-order valence-electron chi connectivity index (χ4n) is 2.04. The van der Waals surface area contributed by atoms with Crippen LogP contribution in [0.3, 0.4) is 0 Å². The van der Waals surface area contributed by atoms with E-state index in [1.165, 1.54) is 0 Å². The number of hydrogen-bond donors (Lipinski definition) is 2. The highest BCUT2D eigenvalue weighted by atomic mass is 79.9. The van der Waals surface area contributed by atoms with Crippen molar-refractivity contribution in [2.24, 2.45) is 5.92 Å². The summed E-state index contributed by atoms with van der Waals surface area (Å²) in [5.41, 5.74) is -0.453. The van der Waals surface area contributed by atoms with Gasteiger partial charge in [0.1, 0.15) is 5.82 Å². The molecule has 1 aromatic carbocycles. The Morgan fingerprint density at radius 3 is 2.61 bits per heavy atom. The molecule has 2 unspecified atom stereocenters. The van der Waals surface area contributed by atoms with E-state index >= 15 is 0 Å². The number of carboxylic acids is 1. The largest absolute Gasteiger partial charge is 0.481 e. The van der Waals surface area contributed by atoms with Crippen molar-refractivity contribution in [2.75, 3.05) is 6.54 Å². The maximum absolute atomic E-state index is 13.8. The van der Waals surface area contributed by atoms with E-state index in [4.69, 9.17) is 5.11 Å². The summed E-state index contributed by atoms with van der Waals surface area (Å²) >= 11 is 2.80. The molecule has 1 aromatic rings. The highest BCUT2D eigenvalue weighted by Gasteiger charge is 2.34. The van der Waals surface area contributed by atoms with Crippen LogP contribution in [0.25, 0.3) is 0 Å². The average molecular weight is 324 g/mol. The third-order valence-electron chi connectivity index (χ3n) is 2.97. The molecule has 0 amide bonds. The summed E-state index contributed by atoms with van der Waals surface area (Å²) in [6.45, 7) is 0.104. The van der Waals surface area contributed by atoms with E-state index in [9.17, 15) is 18.0 Å². The first-order valence-corrected chi connectivity index (χ1v) is 6.00. The summed E-state index contributed by atoms with van der Waals surface area (Å²) in [4.78, 5) is 10.8. The van der Waals surface area contributed by atoms with Crippen molar-refractivity contribution < 1.29 is 23.1 Å². The van der Waals surface area contributed by atoms with E-state index in [-0.39, 0.29) is 17.4 Å². The topological polar surface area (TPSA) is 49.3 Å². The zero-order chi connectivity index (χ0) is 13.4. The van der Waals surface area contributed by atoms with Crippen LogP contribution in [0.2, 0.25) is 0 Å². The van der Waals surface area contributed by atoms with E-state index in [2.05, 4.69) is 21.2 Å². The van der Waals surface area contributed by atoms with Crippen molar-refractivity contribution in [1.29, 1.82) is 0 Å². The summed E-state index contributed by atoms with van der Waals surface area (Å²) in [6.07, 6.45) is 0.0269. The van der Waals surface area contributed by atoms with Gasteiger partial charge in [-0.2, -0.15) is 0 Å². The average Bonchev–Trinajstić information content (AvgIpc) is 2.76. The van der Waals surface area contributed by atoms with Crippen LogP contribution in [0, 0.1) is 23.4 Å². The van der Waals surface area contributed by atoms with Crippen molar-refractivity contribution in [3.8, 4) is 0 Å². The van der Waals surface area contributed by atoms with Gasteiger partial charge in [0, 0.05) is 18.2 Å². The molecule has 0 bridgehead atoms. The standard InChI is InChI=1S/C11H9BrF3NO2/c12-5-2-6(13)10(15)8(9(5)14)7-1-4(3-16-7)11(17)18/h2,4,7,16H,1,3H2,(H,17,18). The lowest BCUT2D eigenvalue weighted by Gasteiger charge is -2.14. The van der Waals surface area contributed by atoms with E-state index < -0.39 is 40.9 Å². The third-order valence-corrected chi connectivity index (χ3v) is 3.55. The van der Waals surface area contributed by atoms with Gasteiger partial charge < -0.3 is 10.4 Å². The van der Waals surface area contributed by atoms with Gasteiger partial charge >= 0.3 is 5.97 Å². The second-order valence-corrected chi connectivity index (χ2v) is 4.97. The van der Waals surface area contributed by atoms with Crippen LogP contribution in [0.15, 0.2) is 10.5 Å². The zero-order valence-corrected chi connectivity index (χ0v) is 10.6. The summed E-state index contributed by atoms with van der Waals surface area (Å²) in [5.74, 6) is -5.12. The maximum atomic E-state index is 13.8. The van der Waals surface area contributed by atoms with Gasteiger partial charge in [-0.3, -0.25) is 4.79 Å². The molecule has 98 valence electrons. The molecular formula is C11H9BrF3NO2. The maximum Gasteiger partial charge on any atom is 0.307 e. The van der Waals surface area contributed by atoms with E-state index in [0.717, 1.165) is 0 Å². The lowest BCUT2D eigenvalue weighted by atomic mass is 9.99. The SMILES string of the molecule is O=C(O)C1CNC(c2c(F)c(F)cc(Br)c2F)C1. The molecular weight excluding hydrogens is 315 g/mol. The third kappa shape index (κ3) is 2.24. The molecule has 3 nitrogen and oxygen atoms in total. The molecule has 0 spiro atoms. The van der Waals surface area contributed by atoms with Crippen LogP contribution in [0.5, 0.6) is 0 Å². The monoisotopic (exact) mass is 323 g/mol. The molecule has 0 radical (unpaired) electrons. The normalized spacial score (nSPS) is 23.3. The number of nitrogens with one attached hydrogen (secondary N) is 1. The summed E-state index contributed by atoms with van der Waals surface area (Å²) in [5, 5.41) is 11.5. The summed E-state index contributed by atoms with van der Waals surface area (Å²) < 4.78 is 40.4. The minimum atomic E-state index is -1.28. The lowest BCUT2D eigenvalue weighted by Crippen LogP contribution is -2.18. The van der Waals surface area contributed by atoms with Gasteiger partial charge in [0.2, 0.25) is 0 Å². The van der Waals surface area contributed by atoms with Crippen LogP contribution >= 0.6 is 15.9 Å². The lowest BCUT2D eigenvalue weighted by molar-refractivity contribution is -0.141. The number of rotatable bonds is 2. The molecule has 1 heterocycles. The molecule has 2 rings (SSSR count). The highest BCUT2D eigenvalue weighted by molar-refractivity contribution is 9.10. The molecule has 2 atom stereocenters. The number of hydrogen-bond acceptors (Lipinski definition) is 2. The fourth-order valence-corrected chi connectivity index (χ4v) is 2.46. The van der Waals surface area contributed by atoms with E-state index in [1.54, 1.807) is 0 Å². The highest BCUT2D eigenvalue weighted by Crippen LogP contribution is 2.34. The van der Waals surface area contributed by atoms with Crippen LogP contribution < -0.4 is 5.32 Å². The first kappa shape index (κ1) is 13.4. The number of halogens is 4. The molecule has 1 saturated heterocycles. The Kier molecular flexibility index (Phi) is 3.63. The molecule has 2 N–H and O–H groups in total. The Morgan fingerprint density at radius 1 is 1.39 bits per heavy atom. The number of carbonyl (C=O) groups is 1. The summed E-state index contributed by atoms with van der Waals surface area (Å²) in [7, 11) is 0. The van der Waals surface area contributed by atoms with Gasteiger partial charge in [-0.25, -0.2) is 13.2 Å². The molecule has 0 aromatic heterocycles. The van der Waals surface area contributed by atoms with Gasteiger partial charge in [-0.15, -0.1) is 0 Å². The first-order valence-electron chi connectivity index (χ1n) is 5.21. The van der Waals surface area contributed by atoms with Crippen molar-refractivity contribution in [3.05, 3.63) is 33.6 Å². The van der Waals surface area contributed by atoms with E-state index in [1.807, 2.05) is 0 Å². The van der Waals surface area contributed by atoms with Crippen LogP contribution in [0.1, 0.15) is 18.0 Å². The van der Waals surface area contributed by atoms with Gasteiger partial charge in [-0.05, 0) is 28.4 Å². The van der Waals surface area contributed by atoms with Crippen molar-refractivity contribution in [2.45, 2.75) is 12.5 Å². The van der Waals surface area contributed by atoms with Gasteiger partial charge in [-0.1, -0.05) is 0 Å². The predicted molar refractivity (Wildman–Crippen MR) is 60.5 cm³/mol. The molecule has 0 aliphatic carbocycles. The zero-order valence-electron chi connectivity index (χ0n) is 9.01. The molecule has 1 fully saturated rings. The smallest absolute Gasteiger partial charge is 0.307 e. The first-order chi connectivity index (χ1) is 8.41. The molecule has 7 heteroatoms. The molecule has 0 saturated carbocycles. The predicted octanol–water partition coefficient (Wildman–Crippen LogP) is 2.60. The minimum absolute atomic E-state index is 0.0269. The number of carboxylic acid groups (broad SMARTS) is 1. The number of aliphatic carboxylic acids is 1.